The highest BCUT2D eigenvalue weighted by Gasteiger charge is 2.31. The fourth-order valence-electron chi connectivity index (χ4n) is 3.48. The number of aromatic amines is 1. The van der Waals surface area contributed by atoms with E-state index in [1.165, 1.54) is 6.92 Å². The zero-order chi connectivity index (χ0) is 27.7. The standard InChI is InChI=1S/C23H31N5O9/c1-11(30)19(24)22(35)27-16(8-12-9-25-14-5-3-2-4-13(12)14)20(33)28-17(10-29)21(34)26-15(23(36)37)6-7-18(31)32/h2-5,9,11,15-17,19,25,29-30H,6-8,10,24H2,1H3,(H,26,34)(H,27,35)(H,28,33)(H,31,32)(H,36,37). The molecule has 0 bridgehead atoms. The Balaban J connectivity index is 2.21. The summed E-state index contributed by atoms with van der Waals surface area (Å²) in [5, 5.41) is 44.9. The maximum Gasteiger partial charge on any atom is 0.326 e. The largest absolute Gasteiger partial charge is 0.481 e. The van der Waals surface area contributed by atoms with E-state index in [0.29, 0.717) is 5.56 Å². The molecule has 2 rings (SSSR count). The predicted octanol–water partition coefficient (Wildman–Crippen LogP) is -2.19. The summed E-state index contributed by atoms with van der Waals surface area (Å²) in [6, 6.07) is 1.39. The van der Waals surface area contributed by atoms with Gasteiger partial charge < -0.3 is 47.1 Å². The molecule has 1 aromatic heterocycles. The first-order valence-electron chi connectivity index (χ1n) is 11.4. The molecular weight excluding hydrogens is 490 g/mol. The van der Waals surface area contributed by atoms with Crippen LogP contribution in [-0.4, -0.2) is 91.9 Å². The van der Waals surface area contributed by atoms with Crippen molar-refractivity contribution in [2.45, 2.75) is 56.5 Å². The Hall–Kier alpha value is -4.01. The van der Waals surface area contributed by atoms with Crippen LogP contribution in [0, 0.1) is 0 Å². The highest BCUT2D eigenvalue weighted by atomic mass is 16.4. The summed E-state index contributed by atoms with van der Waals surface area (Å²) in [7, 11) is 0. The van der Waals surface area contributed by atoms with Gasteiger partial charge in [0, 0.05) is 29.9 Å². The van der Waals surface area contributed by atoms with Crippen molar-refractivity contribution in [1.82, 2.24) is 20.9 Å². The number of nitrogens with two attached hydrogens (primary N) is 1. The van der Waals surface area contributed by atoms with E-state index in [1.807, 2.05) is 12.1 Å². The van der Waals surface area contributed by atoms with Crippen LogP contribution in [0.4, 0.5) is 0 Å². The molecule has 202 valence electrons. The molecular formula is C23H31N5O9. The number of carboxylic acids is 2. The second-order valence-electron chi connectivity index (χ2n) is 8.47. The molecule has 0 saturated carbocycles. The highest BCUT2D eigenvalue weighted by molar-refractivity contribution is 5.95. The number of hydrogen-bond acceptors (Lipinski definition) is 8. The molecule has 1 heterocycles. The van der Waals surface area contributed by atoms with E-state index in [-0.39, 0.29) is 6.42 Å². The van der Waals surface area contributed by atoms with Crippen LogP contribution in [-0.2, 0) is 30.4 Å². The Morgan fingerprint density at radius 3 is 2.14 bits per heavy atom. The number of carbonyl (C=O) groups is 5. The van der Waals surface area contributed by atoms with E-state index < -0.39 is 79.4 Å². The Morgan fingerprint density at radius 2 is 1.54 bits per heavy atom. The van der Waals surface area contributed by atoms with Gasteiger partial charge in [0.25, 0.3) is 0 Å². The van der Waals surface area contributed by atoms with Gasteiger partial charge in [-0.25, -0.2) is 4.79 Å². The molecule has 37 heavy (non-hydrogen) atoms. The molecule has 0 aliphatic carbocycles. The van der Waals surface area contributed by atoms with Gasteiger partial charge in [-0.3, -0.25) is 19.2 Å². The van der Waals surface area contributed by atoms with Gasteiger partial charge in [0.05, 0.1) is 12.7 Å². The molecule has 0 saturated heterocycles. The van der Waals surface area contributed by atoms with E-state index in [4.69, 9.17) is 10.8 Å². The SMILES string of the molecule is CC(O)C(N)C(=O)NC(Cc1c[nH]c2ccccc12)C(=O)NC(CO)C(=O)NC(CCC(=O)O)C(=O)O. The second kappa shape index (κ2) is 13.3. The fraction of sp³-hybridized carbons (Fsp3) is 0.435. The number of nitrogens with one attached hydrogen (secondary N) is 4. The number of para-hydroxylation sites is 1. The van der Waals surface area contributed by atoms with Crippen LogP contribution in [0.25, 0.3) is 10.9 Å². The Kier molecular flexibility index (Phi) is 10.5. The lowest BCUT2D eigenvalue weighted by atomic mass is 10.0. The Morgan fingerprint density at radius 1 is 0.946 bits per heavy atom. The van der Waals surface area contributed by atoms with Gasteiger partial charge in [0.2, 0.25) is 17.7 Å². The molecule has 0 aliphatic heterocycles. The summed E-state index contributed by atoms with van der Waals surface area (Å²) in [4.78, 5) is 63.3. The summed E-state index contributed by atoms with van der Waals surface area (Å²) in [5.41, 5.74) is 7.10. The van der Waals surface area contributed by atoms with Crippen LogP contribution >= 0.6 is 0 Å². The first kappa shape index (κ1) is 29.2. The Bertz CT molecular complexity index is 1130. The first-order valence-corrected chi connectivity index (χ1v) is 11.4. The van der Waals surface area contributed by atoms with Gasteiger partial charge in [-0.05, 0) is 25.0 Å². The molecule has 0 aliphatic rings. The van der Waals surface area contributed by atoms with Gasteiger partial charge in [-0.15, -0.1) is 0 Å². The second-order valence-corrected chi connectivity index (χ2v) is 8.47. The first-order chi connectivity index (χ1) is 17.4. The summed E-state index contributed by atoms with van der Waals surface area (Å²) in [5.74, 6) is -5.54. The maximum atomic E-state index is 13.1. The number of hydrogen-bond donors (Lipinski definition) is 9. The van der Waals surface area contributed by atoms with Crippen molar-refractivity contribution in [3.63, 3.8) is 0 Å². The number of carbonyl (C=O) groups excluding carboxylic acids is 3. The average molecular weight is 522 g/mol. The van der Waals surface area contributed by atoms with Gasteiger partial charge in [-0.2, -0.15) is 0 Å². The molecule has 5 unspecified atom stereocenters. The lowest BCUT2D eigenvalue weighted by molar-refractivity contribution is -0.143. The minimum Gasteiger partial charge on any atom is -0.481 e. The number of fused-ring (bicyclic) bond motifs is 1. The smallest absolute Gasteiger partial charge is 0.326 e. The lowest BCUT2D eigenvalue weighted by Crippen LogP contribution is -2.59. The van der Waals surface area contributed by atoms with Crippen molar-refractivity contribution in [3.8, 4) is 0 Å². The van der Waals surface area contributed by atoms with Crippen LogP contribution < -0.4 is 21.7 Å². The normalized spacial score (nSPS) is 15.1. The molecule has 14 heteroatoms. The minimum absolute atomic E-state index is 0.0513. The molecule has 10 N–H and O–H groups in total. The van der Waals surface area contributed by atoms with Gasteiger partial charge in [0.15, 0.2) is 0 Å². The molecule has 0 spiro atoms. The molecule has 5 atom stereocenters. The van der Waals surface area contributed by atoms with Crippen molar-refractivity contribution in [1.29, 1.82) is 0 Å². The van der Waals surface area contributed by atoms with Gasteiger partial charge in [-0.1, -0.05) is 18.2 Å². The van der Waals surface area contributed by atoms with E-state index in [0.717, 1.165) is 10.9 Å². The van der Waals surface area contributed by atoms with Gasteiger partial charge >= 0.3 is 11.9 Å². The summed E-state index contributed by atoms with van der Waals surface area (Å²) >= 11 is 0. The van der Waals surface area contributed by atoms with Gasteiger partial charge in [0.1, 0.15) is 24.2 Å². The van der Waals surface area contributed by atoms with Crippen molar-refractivity contribution in [3.05, 3.63) is 36.0 Å². The zero-order valence-electron chi connectivity index (χ0n) is 20.0. The number of carboxylic acid groups (broad SMARTS) is 2. The highest BCUT2D eigenvalue weighted by Crippen LogP contribution is 2.19. The van der Waals surface area contributed by atoms with E-state index in [9.17, 15) is 39.3 Å². The molecule has 2 aromatic rings. The fourth-order valence-corrected chi connectivity index (χ4v) is 3.48. The Labute approximate surface area is 211 Å². The number of aliphatic hydroxyl groups excluding tert-OH is 2. The number of aliphatic hydroxyl groups is 2. The van der Waals surface area contributed by atoms with E-state index in [1.54, 1.807) is 18.3 Å². The number of amides is 3. The third-order valence-corrected chi connectivity index (χ3v) is 5.63. The average Bonchev–Trinajstić information content (AvgIpc) is 3.26. The molecule has 3 amide bonds. The molecule has 0 fully saturated rings. The topological polar surface area (TPSA) is 244 Å². The van der Waals surface area contributed by atoms with Crippen LogP contribution in [0.15, 0.2) is 30.5 Å². The molecule has 1 aromatic carbocycles. The number of aromatic nitrogens is 1. The van der Waals surface area contributed by atoms with Crippen LogP contribution in [0.1, 0.15) is 25.3 Å². The van der Waals surface area contributed by atoms with Crippen molar-refractivity contribution >= 4 is 40.6 Å². The summed E-state index contributed by atoms with van der Waals surface area (Å²) in [6.45, 7) is 0.387. The van der Waals surface area contributed by atoms with Crippen LogP contribution in [0.5, 0.6) is 0 Å². The third-order valence-electron chi connectivity index (χ3n) is 5.63. The van der Waals surface area contributed by atoms with Crippen LogP contribution in [0.2, 0.25) is 0 Å². The zero-order valence-corrected chi connectivity index (χ0v) is 20.0. The third kappa shape index (κ3) is 8.27. The van der Waals surface area contributed by atoms with Crippen molar-refractivity contribution in [2.24, 2.45) is 5.73 Å². The lowest BCUT2D eigenvalue weighted by Gasteiger charge is -2.24. The summed E-state index contributed by atoms with van der Waals surface area (Å²) < 4.78 is 0. The van der Waals surface area contributed by atoms with E-state index >= 15 is 0 Å². The monoisotopic (exact) mass is 521 g/mol. The van der Waals surface area contributed by atoms with Crippen LogP contribution in [0.3, 0.4) is 0 Å². The minimum atomic E-state index is -1.60. The number of rotatable bonds is 14. The predicted molar refractivity (Wildman–Crippen MR) is 129 cm³/mol. The number of aliphatic carboxylic acids is 2. The number of H-pyrrole nitrogens is 1. The van der Waals surface area contributed by atoms with Crippen molar-refractivity contribution < 1.29 is 44.4 Å². The quantitative estimate of drug-likeness (QED) is 0.130. The summed E-state index contributed by atoms with van der Waals surface area (Å²) in [6.07, 6.45) is -0.577. The van der Waals surface area contributed by atoms with E-state index in [2.05, 4.69) is 20.9 Å². The molecule has 0 radical (unpaired) electrons. The number of benzene rings is 1. The molecule has 14 nitrogen and oxygen atoms in total. The van der Waals surface area contributed by atoms with Crippen molar-refractivity contribution in [2.75, 3.05) is 6.61 Å². The maximum absolute atomic E-state index is 13.1.